The molecule has 0 spiro atoms. The van der Waals surface area contributed by atoms with Crippen molar-refractivity contribution in [2.24, 2.45) is 0 Å². The number of aryl methyl sites for hydroxylation is 2. The highest BCUT2D eigenvalue weighted by Crippen LogP contribution is 2.12. The zero-order valence-corrected chi connectivity index (χ0v) is 12.4. The van der Waals surface area contributed by atoms with Crippen molar-refractivity contribution < 1.29 is 4.79 Å². The molecule has 3 nitrogen and oxygen atoms in total. The van der Waals surface area contributed by atoms with Crippen molar-refractivity contribution in [2.75, 3.05) is 0 Å². The van der Waals surface area contributed by atoms with Gasteiger partial charge in [0.05, 0.1) is 0 Å². The van der Waals surface area contributed by atoms with Crippen LogP contribution in [0.3, 0.4) is 0 Å². The monoisotopic (exact) mass is 288 g/mol. The molecule has 1 aromatic carbocycles. The van der Waals surface area contributed by atoms with E-state index in [4.69, 9.17) is 11.6 Å². The average Bonchev–Trinajstić information content (AvgIpc) is 2.44. The number of nitrogens with zero attached hydrogens (tertiary/aromatic N) is 1. The smallest absolute Gasteiger partial charge is 0.251 e. The van der Waals surface area contributed by atoms with Gasteiger partial charge in [-0.1, -0.05) is 42.8 Å². The number of amides is 1. The maximum absolute atomic E-state index is 12.1. The van der Waals surface area contributed by atoms with Crippen LogP contribution in [-0.2, 0) is 13.0 Å². The van der Waals surface area contributed by atoms with Crippen molar-refractivity contribution in [3.63, 3.8) is 0 Å². The van der Waals surface area contributed by atoms with Crippen LogP contribution in [0.2, 0.25) is 5.15 Å². The summed E-state index contributed by atoms with van der Waals surface area (Å²) in [5, 5.41) is 3.26. The summed E-state index contributed by atoms with van der Waals surface area (Å²) in [6.07, 6.45) is 0.951. The number of aromatic nitrogens is 1. The predicted molar refractivity (Wildman–Crippen MR) is 81.0 cm³/mol. The van der Waals surface area contributed by atoms with Gasteiger partial charge < -0.3 is 5.32 Å². The predicted octanol–water partition coefficient (Wildman–Crippen LogP) is 3.54. The summed E-state index contributed by atoms with van der Waals surface area (Å²) in [5.41, 5.74) is 3.66. The van der Waals surface area contributed by atoms with Gasteiger partial charge in [0.25, 0.3) is 5.91 Å². The molecule has 0 unspecified atom stereocenters. The number of carbonyl (C=O) groups excluding carboxylic acids is 1. The van der Waals surface area contributed by atoms with Crippen LogP contribution in [0.15, 0.2) is 36.4 Å². The lowest BCUT2D eigenvalue weighted by molar-refractivity contribution is 0.0950. The Bertz CT molecular complexity index is 605. The van der Waals surface area contributed by atoms with E-state index in [1.54, 1.807) is 12.1 Å². The molecule has 1 amide bonds. The number of halogens is 1. The molecule has 0 fully saturated rings. The maximum atomic E-state index is 12.1. The maximum Gasteiger partial charge on any atom is 0.251 e. The lowest BCUT2D eigenvalue weighted by atomic mass is 10.1. The Morgan fingerprint density at radius 3 is 2.60 bits per heavy atom. The molecule has 104 valence electrons. The molecule has 1 aromatic heterocycles. The highest BCUT2D eigenvalue weighted by molar-refractivity contribution is 6.29. The molecule has 0 saturated carbocycles. The van der Waals surface area contributed by atoms with Crippen molar-refractivity contribution in [3.05, 3.63) is 63.9 Å². The fraction of sp³-hybridized carbons (Fsp3) is 0.250. The van der Waals surface area contributed by atoms with E-state index >= 15 is 0 Å². The standard InChI is InChI=1S/C16H17ClN2O/c1-3-12-6-4-5-7-13(12)10-18-16(20)14-8-11(2)19-15(17)9-14/h4-9H,3,10H2,1-2H3,(H,18,20). The third-order valence-corrected chi connectivity index (χ3v) is 3.32. The van der Waals surface area contributed by atoms with Crippen molar-refractivity contribution in [3.8, 4) is 0 Å². The van der Waals surface area contributed by atoms with Gasteiger partial charge in [0.1, 0.15) is 5.15 Å². The van der Waals surface area contributed by atoms with Gasteiger partial charge >= 0.3 is 0 Å². The van der Waals surface area contributed by atoms with Gasteiger partial charge in [0.2, 0.25) is 0 Å². The van der Waals surface area contributed by atoms with Crippen LogP contribution in [-0.4, -0.2) is 10.9 Å². The van der Waals surface area contributed by atoms with E-state index in [0.717, 1.165) is 17.7 Å². The molecule has 0 aliphatic rings. The van der Waals surface area contributed by atoms with Gasteiger partial charge in [-0.05, 0) is 36.6 Å². The zero-order chi connectivity index (χ0) is 14.5. The van der Waals surface area contributed by atoms with Crippen molar-refractivity contribution in [1.29, 1.82) is 0 Å². The molecular formula is C16H17ClN2O. The molecule has 20 heavy (non-hydrogen) atoms. The fourth-order valence-electron chi connectivity index (χ4n) is 2.11. The first-order valence-corrected chi connectivity index (χ1v) is 6.97. The molecule has 2 rings (SSSR count). The molecule has 0 aliphatic carbocycles. The Balaban J connectivity index is 2.08. The number of hydrogen-bond acceptors (Lipinski definition) is 2. The van der Waals surface area contributed by atoms with Gasteiger partial charge in [-0.2, -0.15) is 0 Å². The second-order valence-corrected chi connectivity index (χ2v) is 5.01. The third kappa shape index (κ3) is 3.58. The minimum atomic E-state index is -0.136. The Morgan fingerprint density at radius 1 is 1.25 bits per heavy atom. The van der Waals surface area contributed by atoms with Gasteiger partial charge in [0, 0.05) is 17.8 Å². The summed E-state index contributed by atoms with van der Waals surface area (Å²) < 4.78 is 0. The molecule has 0 atom stereocenters. The summed E-state index contributed by atoms with van der Waals surface area (Å²) in [7, 11) is 0. The number of rotatable bonds is 4. The topological polar surface area (TPSA) is 42.0 Å². The van der Waals surface area contributed by atoms with Crippen LogP contribution < -0.4 is 5.32 Å². The van der Waals surface area contributed by atoms with Crippen molar-refractivity contribution in [2.45, 2.75) is 26.8 Å². The van der Waals surface area contributed by atoms with E-state index in [9.17, 15) is 4.79 Å². The van der Waals surface area contributed by atoms with Gasteiger partial charge in [0.15, 0.2) is 0 Å². The van der Waals surface area contributed by atoms with Crippen LogP contribution >= 0.6 is 11.6 Å². The Hall–Kier alpha value is -1.87. The molecule has 0 bridgehead atoms. The van der Waals surface area contributed by atoms with E-state index in [1.807, 2.05) is 25.1 Å². The van der Waals surface area contributed by atoms with E-state index in [-0.39, 0.29) is 5.91 Å². The second kappa shape index (κ2) is 6.53. The van der Waals surface area contributed by atoms with Crippen LogP contribution in [0.25, 0.3) is 0 Å². The SMILES string of the molecule is CCc1ccccc1CNC(=O)c1cc(C)nc(Cl)c1. The fourth-order valence-corrected chi connectivity index (χ4v) is 2.36. The van der Waals surface area contributed by atoms with E-state index in [2.05, 4.69) is 23.3 Å². The molecule has 0 saturated heterocycles. The van der Waals surface area contributed by atoms with Crippen LogP contribution in [0.4, 0.5) is 0 Å². The first-order valence-electron chi connectivity index (χ1n) is 6.59. The highest BCUT2D eigenvalue weighted by Gasteiger charge is 2.08. The Morgan fingerprint density at radius 2 is 1.95 bits per heavy atom. The summed E-state index contributed by atoms with van der Waals surface area (Å²) in [6, 6.07) is 11.4. The molecule has 0 aliphatic heterocycles. The largest absolute Gasteiger partial charge is 0.348 e. The van der Waals surface area contributed by atoms with E-state index in [0.29, 0.717) is 17.3 Å². The molecular weight excluding hydrogens is 272 g/mol. The Kier molecular flexibility index (Phi) is 4.74. The summed E-state index contributed by atoms with van der Waals surface area (Å²) in [4.78, 5) is 16.2. The second-order valence-electron chi connectivity index (χ2n) is 4.62. The van der Waals surface area contributed by atoms with Gasteiger partial charge in [-0.25, -0.2) is 4.98 Å². The molecule has 0 radical (unpaired) electrons. The molecule has 1 N–H and O–H groups in total. The van der Waals surface area contributed by atoms with Crippen LogP contribution in [0, 0.1) is 6.92 Å². The normalized spacial score (nSPS) is 10.3. The van der Waals surface area contributed by atoms with Crippen LogP contribution in [0.5, 0.6) is 0 Å². The summed E-state index contributed by atoms with van der Waals surface area (Å²) in [5.74, 6) is -0.136. The minimum Gasteiger partial charge on any atom is -0.348 e. The van der Waals surface area contributed by atoms with E-state index in [1.165, 1.54) is 5.56 Å². The van der Waals surface area contributed by atoms with Gasteiger partial charge in [-0.15, -0.1) is 0 Å². The average molecular weight is 289 g/mol. The minimum absolute atomic E-state index is 0.136. The zero-order valence-electron chi connectivity index (χ0n) is 11.6. The van der Waals surface area contributed by atoms with Crippen molar-refractivity contribution in [1.82, 2.24) is 10.3 Å². The first-order chi connectivity index (χ1) is 9.60. The Labute approximate surface area is 124 Å². The number of carbonyl (C=O) groups is 1. The molecule has 2 aromatic rings. The summed E-state index contributed by atoms with van der Waals surface area (Å²) >= 11 is 5.87. The number of pyridine rings is 1. The highest BCUT2D eigenvalue weighted by atomic mass is 35.5. The lowest BCUT2D eigenvalue weighted by Gasteiger charge is -2.09. The quantitative estimate of drug-likeness (QED) is 0.875. The number of benzene rings is 1. The number of hydrogen-bond donors (Lipinski definition) is 1. The van der Waals surface area contributed by atoms with Crippen molar-refractivity contribution >= 4 is 17.5 Å². The lowest BCUT2D eigenvalue weighted by Crippen LogP contribution is -2.23. The van der Waals surface area contributed by atoms with Gasteiger partial charge in [-0.3, -0.25) is 4.79 Å². The molecule has 4 heteroatoms. The number of nitrogens with one attached hydrogen (secondary N) is 1. The first kappa shape index (κ1) is 14.5. The third-order valence-electron chi connectivity index (χ3n) is 3.12. The van der Waals surface area contributed by atoms with E-state index < -0.39 is 0 Å². The van der Waals surface area contributed by atoms with Crippen LogP contribution in [0.1, 0.15) is 34.1 Å². The molecule has 1 heterocycles. The summed E-state index contributed by atoms with van der Waals surface area (Å²) in [6.45, 7) is 4.43.